The fourth-order valence-electron chi connectivity index (χ4n) is 5.55. The molecule has 3 aromatic carbocycles. The first-order chi connectivity index (χ1) is 14.0. The molecule has 5 heteroatoms. The van der Waals surface area contributed by atoms with Crippen LogP contribution in [0.15, 0.2) is 77.3 Å². The van der Waals surface area contributed by atoms with Crippen molar-refractivity contribution in [3.05, 3.63) is 99.5 Å². The summed E-state index contributed by atoms with van der Waals surface area (Å²) in [6.45, 7) is 0. The number of hydrogen-bond acceptors (Lipinski definition) is 2. The van der Waals surface area contributed by atoms with Gasteiger partial charge in [-0.15, -0.1) is 11.6 Å². The van der Waals surface area contributed by atoms with Crippen molar-refractivity contribution in [3.8, 4) is 0 Å². The average molecular weight is 465 g/mol. The summed E-state index contributed by atoms with van der Waals surface area (Å²) < 4.78 is 0.820. The quantitative estimate of drug-likeness (QED) is 0.367. The molecule has 3 aliphatic carbocycles. The van der Waals surface area contributed by atoms with Gasteiger partial charge in [-0.2, -0.15) is 0 Å². The number of carbonyl (C=O) groups excluding carboxylic acids is 2. The summed E-state index contributed by atoms with van der Waals surface area (Å²) in [5.74, 6) is -1.67. The van der Waals surface area contributed by atoms with Gasteiger partial charge in [-0.05, 0) is 40.5 Å². The summed E-state index contributed by atoms with van der Waals surface area (Å²) in [7, 11) is 0. The molecule has 2 bridgehead atoms. The Hall–Kier alpha value is -2.43. The molecular formula is C24H15BrClNO2. The summed E-state index contributed by atoms with van der Waals surface area (Å²) >= 11 is 10.8. The van der Waals surface area contributed by atoms with E-state index in [1.54, 1.807) is 12.1 Å². The number of benzene rings is 3. The van der Waals surface area contributed by atoms with E-state index in [2.05, 4.69) is 15.9 Å². The van der Waals surface area contributed by atoms with Gasteiger partial charge in [0.1, 0.15) is 4.87 Å². The van der Waals surface area contributed by atoms with Crippen LogP contribution in [0.2, 0.25) is 0 Å². The van der Waals surface area contributed by atoms with E-state index < -0.39 is 16.7 Å². The van der Waals surface area contributed by atoms with Crippen molar-refractivity contribution in [2.24, 2.45) is 11.8 Å². The molecule has 1 heterocycles. The minimum atomic E-state index is -1.04. The maximum absolute atomic E-state index is 13.7. The van der Waals surface area contributed by atoms with Crippen LogP contribution in [0.3, 0.4) is 0 Å². The summed E-state index contributed by atoms with van der Waals surface area (Å²) in [6, 6.07) is 23.3. The summed E-state index contributed by atoms with van der Waals surface area (Å²) in [4.78, 5) is 27.6. The molecule has 0 unspecified atom stereocenters. The maximum Gasteiger partial charge on any atom is 0.240 e. The van der Waals surface area contributed by atoms with E-state index in [-0.39, 0.29) is 17.7 Å². The molecule has 1 fully saturated rings. The first-order valence-electron chi connectivity index (χ1n) is 9.54. The van der Waals surface area contributed by atoms with Crippen LogP contribution in [-0.2, 0) is 14.5 Å². The van der Waals surface area contributed by atoms with Gasteiger partial charge in [0.05, 0.1) is 17.5 Å². The second kappa shape index (κ2) is 5.80. The van der Waals surface area contributed by atoms with Crippen molar-refractivity contribution in [2.75, 3.05) is 4.90 Å². The van der Waals surface area contributed by atoms with Crippen LogP contribution in [0.1, 0.15) is 28.2 Å². The Kier molecular flexibility index (Phi) is 3.49. The number of hydrogen-bond donors (Lipinski definition) is 0. The summed E-state index contributed by atoms with van der Waals surface area (Å²) in [6.07, 6.45) is 0. The van der Waals surface area contributed by atoms with Crippen LogP contribution in [0.5, 0.6) is 0 Å². The van der Waals surface area contributed by atoms with Crippen molar-refractivity contribution in [1.82, 2.24) is 0 Å². The molecule has 0 N–H and O–H groups in total. The van der Waals surface area contributed by atoms with Gasteiger partial charge in [-0.1, -0.05) is 70.5 Å². The molecule has 1 saturated heterocycles. The first kappa shape index (κ1) is 17.4. The minimum absolute atomic E-state index is 0.165. The molecule has 0 radical (unpaired) electrons. The van der Waals surface area contributed by atoms with E-state index in [0.29, 0.717) is 5.69 Å². The van der Waals surface area contributed by atoms with E-state index in [9.17, 15) is 9.59 Å². The van der Waals surface area contributed by atoms with E-state index in [1.165, 1.54) is 4.90 Å². The molecule has 0 saturated carbocycles. The Bertz CT molecular complexity index is 1180. The zero-order valence-electron chi connectivity index (χ0n) is 15.2. The van der Waals surface area contributed by atoms with Gasteiger partial charge >= 0.3 is 0 Å². The molecule has 0 aromatic heterocycles. The van der Waals surface area contributed by atoms with Gasteiger partial charge in [0.25, 0.3) is 0 Å². The number of anilines is 1. The second-order valence-corrected chi connectivity index (χ2v) is 9.37. The monoisotopic (exact) mass is 463 g/mol. The molecule has 142 valence electrons. The molecule has 1 aliphatic heterocycles. The number of rotatable bonds is 1. The van der Waals surface area contributed by atoms with E-state index in [0.717, 1.165) is 26.7 Å². The van der Waals surface area contributed by atoms with Crippen molar-refractivity contribution in [2.45, 2.75) is 10.8 Å². The second-order valence-electron chi connectivity index (χ2n) is 7.86. The van der Waals surface area contributed by atoms with Gasteiger partial charge in [0.15, 0.2) is 0 Å². The highest BCUT2D eigenvalue weighted by Crippen LogP contribution is 2.65. The number of alkyl halides is 1. The lowest BCUT2D eigenvalue weighted by molar-refractivity contribution is -0.122. The van der Waals surface area contributed by atoms with Gasteiger partial charge in [0.2, 0.25) is 11.8 Å². The highest BCUT2D eigenvalue weighted by molar-refractivity contribution is 9.10. The minimum Gasteiger partial charge on any atom is -0.274 e. The van der Waals surface area contributed by atoms with Crippen LogP contribution in [0.4, 0.5) is 5.69 Å². The third kappa shape index (κ3) is 2.03. The number of carbonyl (C=O) groups is 2. The molecule has 3 aromatic rings. The third-order valence-electron chi connectivity index (χ3n) is 6.58. The fourth-order valence-corrected chi connectivity index (χ4v) is 6.51. The smallest absolute Gasteiger partial charge is 0.240 e. The molecule has 7 rings (SSSR count). The Morgan fingerprint density at radius 2 is 1.45 bits per heavy atom. The number of amides is 2. The third-order valence-corrected chi connectivity index (χ3v) is 7.72. The van der Waals surface area contributed by atoms with Crippen molar-refractivity contribution >= 4 is 45.0 Å². The van der Waals surface area contributed by atoms with E-state index in [4.69, 9.17) is 11.6 Å². The lowest BCUT2D eigenvalue weighted by atomic mass is 9.54. The Balaban J connectivity index is 1.63. The molecular weight excluding hydrogens is 450 g/mol. The molecule has 29 heavy (non-hydrogen) atoms. The normalized spacial score (nSPS) is 28.9. The van der Waals surface area contributed by atoms with Crippen LogP contribution >= 0.6 is 27.5 Å². The van der Waals surface area contributed by atoms with E-state index >= 15 is 0 Å². The zero-order chi connectivity index (χ0) is 19.9. The van der Waals surface area contributed by atoms with E-state index in [1.807, 2.05) is 60.7 Å². The van der Waals surface area contributed by atoms with Crippen molar-refractivity contribution in [3.63, 3.8) is 0 Å². The lowest BCUT2D eigenvalue weighted by Crippen LogP contribution is -2.50. The predicted octanol–water partition coefficient (Wildman–Crippen LogP) is 5.20. The van der Waals surface area contributed by atoms with Gasteiger partial charge in [-0.25, -0.2) is 4.90 Å². The van der Waals surface area contributed by atoms with Crippen LogP contribution in [0.25, 0.3) is 0 Å². The topological polar surface area (TPSA) is 37.4 Å². The Labute approximate surface area is 181 Å². The lowest BCUT2D eigenvalue weighted by Gasteiger charge is -2.50. The van der Waals surface area contributed by atoms with Gasteiger partial charge in [-0.3, -0.25) is 9.59 Å². The van der Waals surface area contributed by atoms with Gasteiger partial charge in [0, 0.05) is 10.4 Å². The highest BCUT2D eigenvalue weighted by atomic mass is 79.9. The molecule has 4 aliphatic rings. The largest absolute Gasteiger partial charge is 0.274 e. The zero-order valence-corrected chi connectivity index (χ0v) is 17.5. The number of halogens is 2. The highest BCUT2D eigenvalue weighted by Gasteiger charge is 2.67. The van der Waals surface area contributed by atoms with Crippen molar-refractivity contribution in [1.29, 1.82) is 0 Å². The Morgan fingerprint density at radius 3 is 2.07 bits per heavy atom. The summed E-state index contributed by atoms with van der Waals surface area (Å²) in [5.41, 5.74) is 4.59. The molecule has 3 nitrogen and oxygen atoms in total. The number of nitrogens with zero attached hydrogens (tertiary/aromatic N) is 1. The fraction of sp³-hybridized carbons (Fsp3) is 0.167. The SMILES string of the molecule is O=C1[C@@H]2C3c4ccccc4C(Cl)(c4ccccc43)[C@H]2C(=O)N1c1cccc(Br)c1. The van der Waals surface area contributed by atoms with Gasteiger partial charge < -0.3 is 0 Å². The maximum atomic E-state index is 13.7. The average Bonchev–Trinajstić information content (AvgIpc) is 3.00. The number of imide groups is 1. The standard InChI is InChI=1S/C24H15BrClNO2/c25-13-6-5-7-14(12-13)27-22(28)20-19-15-8-1-3-10-17(15)24(26,21(20)23(27)29)18-11-4-2-9-16(18)19/h1-12,19-21H/t19?,20-,21-,24?/m1/s1. The van der Waals surface area contributed by atoms with Crippen LogP contribution in [-0.4, -0.2) is 11.8 Å². The predicted molar refractivity (Wildman–Crippen MR) is 115 cm³/mol. The molecule has 0 spiro atoms. The van der Waals surface area contributed by atoms with Crippen LogP contribution < -0.4 is 4.90 Å². The molecule has 2 atom stereocenters. The Morgan fingerprint density at radius 1 is 0.828 bits per heavy atom. The van der Waals surface area contributed by atoms with Crippen molar-refractivity contribution < 1.29 is 9.59 Å². The first-order valence-corrected chi connectivity index (χ1v) is 10.7. The molecule has 2 amide bonds. The summed E-state index contributed by atoms with van der Waals surface area (Å²) in [5, 5.41) is 0. The van der Waals surface area contributed by atoms with Crippen LogP contribution in [0, 0.1) is 11.8 Å².